The second-order valence-electron chi connectivity index (χ2n) is 8.92. The number of nitrogens with one attached hydrogen (secondary N) is 1. The zero-order valence-corrected chi connectivity index (χ0v) is 18.8. The normalized spacial score (nSPS) is 11.7. The molecule has 0 atom stereocenters. The maximum absolute atomic E-state index is 13.4. The fourth-order valence-corrected chi connectivity index (χ4v) is 4.18. The number of hydrogen-bond donors (Lipinski definition) is 1. The van der Waals surface area contributed by atoms with Crippen molar-refractivity contribution in [2.45, 2.75) is 40.2 Å². The number of aromatic nitrogens is 2. The predicted molar refractivity (Wildman–Crippen MR) is 128 cm³/mol. The van der Waals surface area contributed by atoms with Gasteiger partial charge in [-0.25, -0.2) is 0 Å². The van der Waals surface area contributed by atoms with E-state index in [0.29, 0.717) is 28.9 Å². The van der Waals surface area contributed by atoms with E-state index in [1.165, 1.54) is 5.56 Å². The van der Waals surface area contributed by atoms with Crippen molar-refractivity contribution in [3.8, 4) is 0 Å². The summed E-state index contributed by atoms with van der Waals surface area (Å²) >= 11 is 0. The van der Waals surface area contributed by atoms with E-state index in [1.807, 2.05) is 60.1 Å². The van der Waals surface area contributed by atoms with Gasteiger partial charge in [-0.05, 0) is 35.6 Å². The summed E-state index contributed by atoms with van der Waals surface area (Å²) in [5.74, 6) is 0.500. The van der Waals surface area contributed by atoms with E-state index in [0.717, 1.165) is 16.6 Å². The van der Waals surface area contributed by atoms with Crippen LogP contribution in [0.4, 0.5) is 5.69 Å². The highest BCUT2D eigenvalue weighted by Gasteiger charge is 2.21. The van der Waals surface area contributed by atoms with Gasteiger partial charge in [-0.1, -0.05) is 58.0 Å². The monoisotopic (exact) mass is 415 g/mol. The Labute approximate surface area is 182 Å². The van der Waals surface area contributed by atoms with Gasteiger partial charge < -0.3 is 14.5 Å². The standard InChI is InChI=1S/C26H29N3O2/c1-16(2)14-29-15-21(25(30)27-19-12-10-18(11-13-19)17(3)4)23-20-8-6-7-9-22(20)28(5)24(23)26(29)31/h6-13,15-17H,14H2,1-5H3,(H,27,30). The molecule has 0 spiro atoms. The smallest absolute Gasteiger partial charge is 0.275 e. The molecule has 2 heterocycles. The number of benzene rings is 2. The van der Waals surface area contributed by atoms with E-state index in [4.69, 9.17) is 0 Å². The zero-order valence-electron chi connectivity index (χ0n) is 18.8. The largest absolute Gasteiger partial charge is 0.339 e. The molecule has 1 N–H and O–H groups in total. The summed E-state index contributed by atoms with van der Waals surface area (Å²) in [6.07, 6.45) is 1.72. The van der Waals surface area contributed by atoms with E-state index in [9.17, 15) is 9.59 Å². The fraction of sp³-hybridized carbons (Fsp3) is 0.308. The minimum absolute atomic E-state index is 0.0692. The number of para-hydroxylation sites is 1. The Balaban J connectivity index is 1.89. The Bertz CT molecular complexity index is 1330. The topological polar surface area (TPSA) is 56.0 Å². The van der Waals surface area contributed by atoms with Crippen molar-refractivity contribution in [2.75, 3.05) is 5.32 Å². The average Bonchev–Trinajstić information content (AvgIpc) is 3.03. The molecule has 0 fully saturated rings. The molecule has 4 rings (SSSR count). The zero-order chi connectivity index (χ0) is 22.3. The number of carbonyl (C=O) groups excluding carboxylic acids is 1. The van der Waals surface area contributed by atoms with Crippen molar-refractivity contribution in [3.05, 3.63) is 76.2 Å². The molecule has 160 valence electrons. The number of fused-ring (bicyclic) bond motifs is 3. The van der Waals surface area contributed by atoms with Gasteiger partial charge >= 0.3 is 0 Å². The van der Waals surface area contributed by atoms with Crippen molar-refractivity contribution in [2.24, 2.45) is 13.0 Å². The average molecular weight is 416 g/mol. The lowest BCUT2D eigenvalue weighted by Gasteiger charge is -2.14. The maximum Gasteiger partial charge on any atom is 0.275 e. The molecule has 4 aromatic rings. The first-order valence-electron chi connectivity index (χ1n) is 10.8. The molecule has 0 saturated carbocycles. The molecule has 5 nitrogen and oxygen atoms in total. The quantitative estimate of drug-likeness (QED) is 0.466. The van der Waals surface area contributed by atoms with Crippen molar-refractivity contribution in [1.82, 2.24) is 9.13 Å². The van der Waals surface area contributed by atoms with Crippen LogP contribution < -0.4 is 10.9 Å². The maximum atomic E-state index is 13.4. The van der Waals surface area contributed by atoms with Crippen LogP contribution in [0.15, 0.2) is 59.5 Å². The van der Waals surface area contributed by atoms with Gasteiger partial charge in [0, 0.05) is 41.8 Å². The van der Waals surface area contributed by atoms with Gasteiger partial charge in [0.2, 0.25) is 0 Å². The molecule has 0 aliphatic carbocycles. The third-order valence-corrected chi connectivity index (χ3v) is 5.77. The van der Waals surface area contributed by atoms with Crippen molar-refractivity contribution in [1.29, 1.82) is 0 Å². The number of amides is 1. The van der Waals surface area contributed by atoms with Crippen LogP contribution in [0.1, 0.15) is 49.5 Å². The highest BCUT2D eigenvalue weighted by molar-refractivity contribution is 6.20. The second kappa shape index (κ2) is 8.06. The van der Waals surface area contributed by atoms with Gasteiger partial charge in [0.15, 0.2) is 0 Å². The summed E-state index contributed by atoms with van der Waals surface area (Å²) in [4.78, 5) is 26.7. The number of hydrogen-bond acceptors (Lipinski definition) is 2. The first-order valence-corrected chi connectivity index (χ1v) is 10.8. The van der Waals surface area contributed by atoms with Gasteiger partial charge in [-0.2, -0.15) is 0 Å². The van der Waals surface area contributed by atoms with Crippen molar-refractivity contribution in [3.63, 3.8) is 0 Å². The Morgan fingerprint density at radius 3 is 2.32 bits per heavy atom. The minimum atomic E-state index is -0.212. The molecule has 2 aromatic heterocycles. The molecule has 1 amide bonds. The van der Waals surface area contributed by atoms with Crippen molar-refractivity contribution >= 4 is 33.4 Å². The number of pyridine rings is 1. The summed E-state index contributed by atoms with van der Waals surface area (Å²) in [5, 5.41) is 4.65. The van der Waals surface area contributed by atoms with E-state index < -0.39 is 0 Å². The Hall–Kier alpha value is -3.34. The molecule has 2 aromatic carbocycles. The molecule has 0 saturated heterocycles. The number of aryl methyl sites for hydroxylation is 1. The Morgan fingerprint density at radius 1 is 1.00 bits per heavy atom. The van der Waals surface area contributed by atoms with Gasteiger partial charge in [0.1, 0.15) is 5.52 Å². The lowest BCUT2D eigenvalue weighted by molar-refractivity contribution is 0.102. The van der Waals surface area contributed by atoms with Crippen LogP contribution in [0, 0.1) is 5.92 Å². The van der Waals surface area contributed by atoms with Crippen LogP contribution in [0.25, 0.3) is 21.8 Å². The van der Waals surface area contributed by atoms with Crippen molar-refractivity contribution < 1.29 is 4.79 Å². The van der Waals surface area contributed by atoms with Crippen LogP contribution in [0.3, 0.4) is 0 Å². The van der Waals surface area contributed by atoms with E-state index in [1.54, 1.807) is 10.8 Å². The first kappa shape index (κ1) is 20.9. The SMILES string of the molecule is CC(C)Cn1cc(C(=O)Nc2ccc(C(C)C)cc2)c2c3ccccc3n(C)c2c1=O. The number of rotatable bonds is 5. The Morgan fingerprint density at radius 2 is 1.68 bits per heavy atom. The van der Waals surface area contributed by atoms with E-state index >= 15 is 0 Å². The first-order chi connectivity index (χ1) is 14.8. The van der Waals surface area contributed by atoms with Gasteiger partial charge in [0.05, 0.1) is 5.56 Å². The second-order valence-corrected chi connectivity index (χ2v) is 8.92. The van der Waals surface area contributed by atoms with Gasteiger partial charge in [-0.3, -0.25) is 9.59 Å². The number of nitrogens with zero attached hydrogens (tertiary/aromatic N) is 2. The lowest BCUT2D eigenvalue weighted by atomic mass is 10.0. The molecular formula is C26H29N3O2. The van der Waals surface area contributed by atoms with Crippen LogP contribution in [-0.2, 0) is 13.6 Å². The van der Waals surface area contributed by atoms with Crippen LogP contribution >= 0.6 is 0 Å². The third kappa shape index (κ3) is 3.76. The molecule has 0 radical (unpaired) electrons. The Kier molecular flexibility index (Phi) is 5.44. The number of anilines is 1. The van der Waals surface area contributed by atoms with E-state index in [2.05, 4.69) is 33.0 Å². The summed E-state index contributed by atoms with van der Waals surface area (Å²) in [6.45, 7) is 8.97. The molecule has 5 heteroatoms. The van der Waals surface area contributed by atoms with E-state index in [-0.39, 0.29) is 17.4 Å². The summed E-state index contributed by atoms with van der Waals surface area (Å²) in [5.41, 5.74) is 3.90. The van der Waals surface area contributed by atoms with Crippen LogP contribution in [-0.4, -0.2) is 15.0 Å². The lowest BCUT2D eigenvalue weighted by Crippen LogP contribution is -2.26. The highest BCUT2D eigenvalue weighted by atomic mass is 16.2. The summed E-state index contributed by atoms with van der Waals surface area (Å²) < 4.78 is 3.57. The third-order valence-electron chi connectivity index (χ3n) is 5.77. The summed E-state index contributed by atoms with van der Waals surface area (Å²) in [7, 11) is 1.89. The van der Waals surface area contributed by atoms with Crippen LogP contribution in [0.2, 0.25) is 0 Å². The summed E-state index contributed by atoms with van der Waals surface area (Å²) in [6, 6.07) is 15.8. The van der Waals surface area contributed by atoms with Gasteiger partial charge in [-0.15, -0.1) is 0 Å². The predicted octanol–water partition coefficient (Wildman–Crippen LogP) is 5.52. The van der Waals surface area contributed by atoms with Gasteiger partial charge in [0.25, 0.3) is 11.5 Å². The highest BCUT2D eigenvalue weighted by Crippen LogP contribution is 2.29. The minimum Gasteiger partial charge on any atom is -0.339 e. The fourth-order valence-electron chi connectivity index (χ4n) is 4.18. The molecule has 0 aliphatic heterocycles. The molecule has 0 bridgehead atoms. The molecule has 0 unspecified atom stereocenters. The molecule has 31 heavy (non-hydrogen) atoms. The molecule has 0 aliphatic rings. The van der Waals surface area contributed by atoms with Crippen LogP contribution in [0.5, 0.6) is 0 Å². The molecular weight excluding hydrogens is 386 g/mol. The number of carbonyl (C=O) groups is 1.